The minimum Gasteiger partial charge on any atom is -0.444 e. The van der Waals surface area contributed by atoms with E-state index < -0.39 is 35.9 Å². The van der Waals surface area contributed by atoms with Gasteiger partial charge in [0.05, 0.1) is 24.1 Å². The molecule has 4 aromatic rings. The van der Waals surface area contributed by atoms with E-state index in [2.05, 4.69) is 25.8 Å². The number of thioether (sulfide) groups is 1. The third-order valence-electron chi connectivity index (χ3n) is 6.55. The van der Waals surface area contributed by atoms with Gasteiger partial charge in [0.2, 0.25) is 0 Å². The van der Waals surface area contributed by atoms with Crippen LogP contribution in [0.25, 0.3) is 16.9 Å². The zero-order chi connectivity index (χ0) is 34.8. The molecule has 0 bridgehead atoms. The second kappa shape index (κ2) is 13.7. The largest absolute Gasteiger partial charge is 0.444 e. The Morgan fingerprint density at radius 1 is 1.08 bits per heavy atom. The van der Waals surface area contributed by atoms with Crippen molar-refractivity contribution in [2.45, 2.75) is 70.8 Å². The Bertz CT molecular complexity index is 1830. The number of benzene rings is 1. The van der Waals surface area contributed by atoms with Gasteiger partial charge < -0.3 is 24.8 Å². The molecule has 0 unspecified atom stereocenters. The van der Waals surface area contributed by atoms with Crippen molar-refractivity contribution in [3.8, 4) is 17.0 Å². The van der Waals surface area contributed by atoms with Crippen molar-refractivity contribution < 1.29 is 37.4 Å². The first kappa shape index (κ1) is 34.4. The van der Waals surface area contributed by atoms with Gasteiger partial charge in [-0.1, -0.05) is 0 Å². The third-order valence-corrected chi connectivity index (χ3v) is 7.58. The molecule has 0 fully saturated rings. The number of carbonyl (C=O) groups excluding carboxylic acids is 3. The zero-order valence-corrected chi connectivity index (χ0v) is 28.1. The van der Waals surface area contributed by atoms with Crippen molar-refractivity contribution in [3.05, 3.63) is 48.5 Å². The van der Waals surface area contributed by atoms with Gasteiger partial charge in [-0.05, 0) is 53.7 Å². The predicted octanol–water partition coefficient (Wildman–Crippen LogP) is 5.82. The molecule has 17 heteroatoms. The van der Waals surface area contributed by atoms with Gasteiger partial charge in [0.25, 0.3) is 5.91 Å². The molecule has 2 N–H and O–H groups in total. The minimum atomic E-state index is -3.21. The van der Waals surface area contributed by atoms with Crippen LogP contribution < -0.4 is 20.3 Å². The number of halogens is 2. The van der Waals surface area contributed by atoms with Crippen LogP contribution in [0, 0.1) is 0 Å². The van der Waals surface area contributed by atoms with Crippen molar-refractivity contribution in [2.24, 2.45) is 0 Å². The van der Waals surface area contributed by atoms with Gasteiger partial charge in [-0.25, -0.2) is 19.1 Å². The number of hydrogen-bond donors (Lipinski definition) is 2. The molecule has 4 heterocycles. The molecule has 5 rings (SSSR count). The Balaban J connectivity index is 1.53. The van der Waals surface area contributed by atoms with Crippen molar-refractivity contribution in [2.75, 3.05) is 29.1 Å². The molecule has 48 heavy (non-hydrogen) atoms. The van der Waals surface area contributed by atoms with Crippen molar-refractivity contribution in [1.82, 2.24) is 29.7 Å². The number of rotatable bonds is 8. The standard InChI is InChI=1S/C31H36F2N8O6S/c1-30(2,3)46-28(43)35-9-11-39-17-20(37-26(42)19-16-36-41-10-7-8-34-25(19)41)24(38-39)18-14-23-21(15-22(18)45-27(32)33)40(12-13-48-23)29(44)47-31(4,5)6/h7-8,10,14-17,27H,9,11-13H2,1-6H3,(H,35,43)(H,37,42). The summed E-state index contributed by atoms with van der Waals surface area (Å²) in [5.74, 6) is -0.335. The average molecular weight is 687 g/mol. The zero-order valence-electron chi connectivity index (χ0n) is 27.2. The molecular formula is C31H36F2N8O6S. The van der Waals surface area contributed by atoms with Gasteiger partial charge in [0, 0.05) is 54.0 Å². The Hall–Kier alpha value is -4.93. The van der Waals surface area contributed by atoms with Crippen LogP contribution in [0.4, 0.5) is 29.7 Å². The van der Waals surface area contributed by atoms with Crippen molar-refractivity contribution >= 4 is 46.9 Å². The Morgan fingerprint density at radius 3 is 2.54 bits per heavy atom. The number of aromatic nitrogens is 5. The molecule has 3 aromatic heterocycles. The maximum atomic E-state index is 13.8. The molecule has 256 valence electrons. The first-order chi connectivity index (χ1) is 22.6. The average Bonchev–Trinajstić information content (AvgIpc) is 3.58. The summed E-state index contributed by atoms with van der Waals surface area (Å²) in [6.45, 7) is 7.73. The fraction of sp³-hybridized carbons (Fsp3) is 0.419. The molecule has 1 aliphatic rings. The first-order valence-corrected chi connectivity index (χ1v) is 16.0. The van der Waals surface area contributed by atoms with E-state index in [0.29, 0.717) is 22.0 Å². The second-order valence-electron chi connectivity index (χ2n) is 12.7. The predicted molar refractivity (Wildman–Crippen MR) is 174 cm³/mol. The smallest absolute Gasteiger partial charge is 0.414 e. The molecule has 0 spiro atoms. The molecule has 3 amide bonds. The van der Waals surface area contributed by atoms with Gasteiger partial charge >= 0.3 is 18.8 Å². The van der Waals surface area contributed by atoms with Crippen LogP contribution in [0.2, 0.25) is 0 Å². The number of anilines is 2. The summed E-state index contributed by atoms with van der Waals surface area (Å²) in [6, 6.07) is 4.60. The summed E-state index contributed by atoms with van der Waals surface area (Å²) in [5, 5.41) is 14.2. The van der Waals surface area contributed by atoms with Crippen LogP contribution in [-0.4, -0.2) is 79.1 Å². The molecular weight excluding hydrogens is 650 g/mol. The SMILES string of the molecule is CC(C)(C)OC(=O)NCCn1cc(NC(=O)c2cnn3cccnc23)c(-c2cc3c(cc2OC(F)F)N(C(=O)OC(C)(C)C)CCS3)n1. The van der Waals surface area contributed by atoms with Gasteiger partial charge in [-0.15, -0.1) is 11.8 Å². The molecule has 0 saturated heterocycles. The number of amides is 3. The molecule has 14 nitrogen and oxygen atoms in total. The van der Waals surface area contributed by atoms with E-state index in [1.165, 1.54) is 50.5 Å². The highest BCUT2D eigenvalue weighted by Gasteiger charge is 2.31. The summed E-state index contributed by atoms with van der Waals surface area (Å²) in [7, 11) is 0. The number of hydrogen-bond acceptors (Lipinski definition) is 10. The van der Waals surface area contributed by atoms with Crippen LogP contribution in [0.15, 0.2) is 47.9 Å². The van der Waals surface area contributed by atoms with E-state index in [-0.39, 0.29) is 47.9 Å². The van der Waals surface area contributed by atoms with Crippen LogP contribution in [0.3, 0.4) is 0 Å². The van der Waals surface area contributed by atoms with E-state index in [1.54, 1.807) is 59.9 Å². The Labute approximate surface area is 279 Å². The topological polar surface area (TPSA) is 154 Å². The van der Waals surface area contributed by atoms with E-state index in [0.717, 1.165) is 0 Å². The molecule has 1 aromatic carbocycles. The van der Waals surface area contributed by atoms with E-state index in [1.807, 2.05) is 0 Å². The number of fused-ring (bicyclic) bond motifs is 2. The number of carbonyl (C=O) groups is 3. The van der Waals surface area contributed by atoms with Gasteiger partial charge in [-0.2, -0.15) is 19.0 Å². The summed E-state index contributed by atoms with van der Waals surface area (Å²) >= 11 is 1.42. The number of alkyl carbamates (subject to hydrolysis) is 1. The van der Waals surface area contributed by atoms with Crippen LogP contribution in [0.1, 0.15) is 51.9 Å². The van der Waals surface area contributed by atoms with Gasteiger partial charge in [0.1, 0.15) is 28.2 Å². The lowest BCUT2D eigenvalue weighted by atomic mass is 10.1. The molecule has 0 atom stereocenters. The highest BCUT2D eigenvalue weighted by atomic mass is 32.2. The lowest BCUT2D eigenvalue weighted by Gasteiger charge is -2.32. The second-order valence-corrected chi connectivity index (χ2v) is 13.8. The molecule has 1 aliphatic heterocycles. The van der Waals surface area contributed by atoms with Gasteiger partial charge in [0.15, 0.2) is 5.65 Å². The summed E-state index contributed by atoms with van der Waals surface area (Å²) < 4.78 is 46.4. The van der Waals surface area contributed by atoms with E-state index in [9.17, 15) is 23.2 Å². The maximum Gasteiger partial charge on any atom is 0.414 e. The summed E-state index contributed by atoms with van der Waals surface area (Å²) in [6.07, 6.45) is 4.77. The highest BCUT2D eigenvalue weighted by Crippen LogP contribution is 2.45. The van der Waals surface area contributed by atoms with E-state index >= 15 is 0 Å². The fourth-order valence-corrected chi connectivity index (χ4v) is 5.73. The monoisotopic (exact) mass is 686 g/mol. The normalized spacial score (nSPS) is 13.3. The molecule has 0 radical (unpaired) electrons. The first-order valence-electron chi connectivity index (χ1n) is 15.0. The number of nitrogens with zero attached hydrogens (tertiary/aromatic N) is 6. The van der Waals surface area contributed by atoms with E-state index in [4.69, 9.17) is 14.2 Å². The fourth-order valence-electron chi connectivity index (χ4n) is 4.72. The lowest BCUT2D eigenvalue weighted by Crippen LogP contribution is -2.39. The number of alkyl halides is 2. The third kappa shape index (κ3) is 8.31. The molecule has 0 saturated carbocycles. The van der Waals surface area contributed by atoms with Gasteiger partial charge in [-0.3, -0.25) is 14.4 Å². The van der Waals surface area contributed by atoms with Crippen LogP contribution >= 0.6 is 11.8 Å². The number of nitrogens with one attached hydrogen (secondary N) is 2. The lowest BCUT2D eigenvalue weighted by molar-refractivity contribution is -0.0494. The molecule has 0 aliphatic carbocycles. The summed E-state index contributed by atoms with van der Waals surface area (Å²) in [5.41, 5.74) is -0.256. The Kier molecular flexibility index (Phi) is 9.79. The van der Waals surface area contributed by atoms with Crippen molar-refractivity contribution in [3.63, 3.8) is 0 Å². The number of ether oxygens (including phenoxy) is 3. The summed E-state index contributed by atoms with van der Waals surface area (Å²) in [4.78, 5) is 45.0. The highest BCUT2D eigenvalue weighted by molar-refractivity contribution is 7.99. The quantitative estimate of drug-likeness (QED) is 0.232. The van der Waals surface area contributed by atoms with Crippen molar-refractivity contribution in [1.29, 1.82) is 0 Å². The maximum absolute atomic E-state index is 13.8. The van der Waals surface area contributed by atoms with Crippen LogP contribution in [-0.2, 0) is 16.0 Å². The van der Waals surface area contributed by atoms with Crippen LogP contribution in [0.5, 0.6) is 5.75 Å². The Morgan fingerprint density at radius 2 is 1.83 bits per heavy atom. The minimum absolute atomic E-state index is 0.104.